The Morgan fingerprint density at radius 1 is 1.19 bits per heavy atom. The zero-order valence-corrected chi connectivity index (χ0v) is 14.6. The highest BCUT2D eigenvalue weighted by molar-refractivity contribution is 5.78. The van der Waals surface area contributed by atoms with E-state index in [1.807, 2.05) is 24.3 Å². The van der Waals surface area contributed by atoms with Crippen molar-refractivity contribution in [3.63, 3.8) is 0 Å². The number of nitrogens with zero attached hydrogens (tertiary/aromatic N) is 3. The van der Waals surface area contributed by atoms with E-state index in [0.717, 1.165) is 11.1 Å². The molecule has 1 saturated heterocycles. The van der Waals surface area contributed by atoms with Gasteiger partial charge in [0, 0.05) is 18.5 Å². The minimum Gasteiger partial charge on any atom is -0.337 e. The highest BCUT2D eigenvalue weighted by Gasteiger charge is 2.36. The summed E-state index contributed by atoms with van der Waals surface area (Å²) in [7, 11) is 0. The van der Waals surface area contributed by atoms with Crippen LogP contribution in [-0.4, -0.2) is 20.9 Å². The van der Waals surface area contributed by atoms with Crippen molar-refractivity contribution >= 4 is 12.0 Å². The molecule has 1 atom stereocenters. The van der Waals surface area contributed by atoms with Crippen molar-refractivity contribution in [2.24, 2.45) is 0 Å². The molecular weight excluding hydrogens is 345 g/mol. The van der Waals surface area contributed by atoms with Gasteiger partial charge in [-0.3, -0.25) is 4.79 Å². The van der Waals surface area contributed by atoms with Crippen molar-refractivity contribution in [1.82, 2.24) is 15.0 Å². The molecule has 0 N–H and O–H groups in total. The predicted octanol–water partition coefficient (Wildman–Crippen LogP) is 4.38. The van der Waals surface area contributed by atoms with Crippen molar-refractivity contribution < 1.29 is 13.7 Å². The third-order valence-corrected chi connectivity index (χ3v) is 4.73. The number of hydrogen-bond donors (Lipinski definition) is 0. The molecule has 5 nitrogen and oxygen atoms in total. The van der Waals surface area contributed by atoms with Crippen LogP contribution in [0, 0.1) is 5.82 Å². The normalized spacial score (nSPS) is 16.7. The zero-order chi connectivity index (χ0) is 18.8. The van der Waals surface area contributed by atoms with Crippen molar-refractivity contribution in [2.75, 3.05) is 0 Å². The number of benzene rings is 2. The molecule has 1 aromatic heterocycles. The minimum absolute atomic E-state index is 0.0642. The number of halogens is 1. The molecule has 1 unspecified atom stereocenters. The third kappa shape index (κ3) is 3.51. The predicted molar refractivity (Wildman–Crippen MR) is 98.8 cm³/mol. The molecule has 0 radical (unpaired) electrons. The highest BCUT2D eigenvalue weighted by Crippen LogP contribution is 2.34. The maximum atomic E-state index is 13.1. The number of amides is 1. The van der Waals surface area contributed by atoms with Gasteiger partial charge in [-0.15, -0.1) is 0 Å². The van der Waals surface area contributed by atoms with Crippen LogP contribution in [0.2, 0.25) is 0 Å². The first kappa shape index (κ1) is 17.1. The van der Waals surface area contributed by atoms with Gasteiger partial charge in [-0.25, -0.2) is 4.39 Å². The van der Waals surface area contributed by atoms with Gasteiger partial charge in [-0.2, -0.15) is 4.98 Å². The van der Waals surface area contributed by atoms with E-state index < -0.39 is 0 Å². The summed E-state index contributed by atoms with van der Waals surface area (Å²) in [4.78, 5) is 18.6. The first-order valence-corrected chi connectivity index (χ1v) is 8.74. The Kier molecular flexibility index (Phi) is 4.54. The van der Waals surface area contributed by atoms with Gasteiger partial charge >= 0.3 is 0 Å². The van der Waals surface area contributed by atoms with E-state index in [1.165, 1.54) is 12.1 Å². The Hall–Kier alpha value is -3.28. The molecule has 0 bridgehead atoms. The summed E-state index contributed by atoms with van der Waals surface area (Å²) in [6.45, 7) is 4.23. The van der Waals surface area contributed by atoms with Crippen LogP contribution in [0.15, 0.2) is 59.6 Å². The lowest BCUT2D eigenvalue weighted by molar-refractivity contribution is -0.129. The van der Waals surface area contributed by atoms with Gasteiger partial charge in [0.05, 0.1) is 0 Å². The van der Waals surface area contributed by atoms with E-state index in [0.29, 0.717) is 36.7 Å². The van der Waals surface area contributed by atoms with Crippen LogP contribution in [0.5, 0.6) is 0 Å². The second kappa shape index (κ2) is 7.15. The molecule has 136 valence electrons. The summed E-state index contributed by atoms with van der Waals surface area (Å²) in [5, 5.41) is 3.99. The average molecular weight is 363 g/mol. The highest BCUT2D eigenvalue weighted by atomic mass is 19.1. The van der Waals surface area contributed by atoms with E-state index in [9.17, 15) is 9.18 Å². The Morgan fingerprint density at radius 2 is 1.93 bits per heavy atom. The van der Waals surface area contributed by atoms with Crippen molar-refractivity contribution in [2.45, 2.75) is 25.4 Å². The van der Waals surface area contributed by atoms with Crippen molar-refractivity contribution in [3.8, 4) is 11.4 Å². The lowest BCUT2D eigenvalue weighted by atomic mass is 10.1. The van der Waals surface area contributed by atoms with Gasteiger partial charge in [0.15, 0.2) is 0 Å². The van der Waals surface area contributed by atoms with Gasteiger partial charge < -0.3 is 9.42 Å². The molecule has 1 aliphatic rings. The van der Waals surface area contributed by atoms with Crippen molar-refractivity contribution in [1.29, 1.82) is 0 Å². The number of carbonyl (C=O) groups excluding carboxylic acids is 1. The lowest BCUT2D eigenvalue weighted by Crippen LogP contribution is -2.27. The number of carbonyl (C=O) groups is 1. The molecule has 27 heavy (non-hydrogen) atoms. The van der Waals surface area contributed by atoms with E-state index in [1.54, 1.807) is 23.1 Å². The smallest absolute Gasteiger partial charge is 0.249 e. The average Bonchev–Trinajstić information content (AvgIpc) is 3.31. The topological polar surface area (TPSA) is 59.2 Å². The largest absolute Gasteiger partial charge is 0.337 e. The van der Waals surface area contributed by atoms with Crippen LogP contribution in [0.4, 0.5) is 4.39 Å². The lowest BCUT2D eigenvalue weighted by Gasteiger charge is -2.22. The fourth-order valence-corrected chi connectivity index (χ4v) is 3.23. The third-order valence-electron chi connectivity index (χ3n) is 4.73. The molecule has 2 heterocycles. The fraction of sp³-hybridized carbons (Fsp3) is 0.190. The number of rotatable bonds is 5. The number of likely N-dealkylation sites (tertiary alicyclic amines) is 1. The SMILES string of the molecule is C=Cc1ccc(CN2C(=O)CCC2c2nc(-c3ccc(F)cc3)no2)cc1. The standard InChI is InChI=1S/C21H18FN3O2/c1-2-14-3-5-15(6-4-14)13-25-18(11-12-19(25)26)21-23-20(24-27-21)16-7-9-17(22)10-8-16/h2-10,18H,1,11-13H2. The molecule has 2 aromatic carbocycles. The summed E-state index contributed by atoms with van der Waals surface area (Å²) in [6, 6.07) is 13.6. The van der Waals surface area contributed by atoms with Crippen LogP contribution in [0.25, 0.3) is 17.5 Å². The van der Waals surface area contributed by atoms with Gasteiger partial charge in [-0.05, 0) is 41.8 Å². The number of aromatic nitrogens is 2. The van der Waals surface area contributed by atoms with Gasteiger partial charge in [0.1, 0.15) is 11.9 Å². The Balaban J connectivity index is 1.55. The molecule has 1 aliphatic heterocycles. The van der Waals surface area contributed by atoms with E-state index in [2.05, 4.69) is 16.7 Å². The minimum atomic E-state index is -0.322. The Labute approximate surface area is 156 Å². The Morgan fingerprint density at radius 3 is 2.63 bits per heavy atom. The van der Waals surface area contributed by atoms with Crippen LogP contribution < -0.4 is 0 Å². The molecule has 0 aliphatic carbocycles. The first-order chi connectivity index (χ1) is 13.1. The fourth-order valence-electron chi connectivity index (χ4n) is 3.23. The molecule has 1 amide bonds. The summed E-state index contributed by atoms with van der Waals surface area (Å²) in [5.41, 5.74) is 2.73. The van der Waals surface area contributed by atoms with E-state index in [4.69, 9.17) is 4.52 Å². The van der Waals surface area contributed by atoms with Gasteiger partial charge in [0.2, 0.25) is 17.6 Å². The van der Waals surface area contributed by atoms with Crippen molar-refractivity contribution in [3.05, 3.63) is 77.9 Å². The van der Waals surface area contributed by atoms with E-state index >= 15 is 0 Å². The maximum Gasteiger partial charge on any atom is 0.249 e. The monoisotopic (exact) mass is 363 g/mol. The van der Waals surface area contributed by atoms with Crippen LogP contribution >= 0.6 is 0 Å². The molecular formula is C21H18FN3O2. The van der Waals surface area contributed by atoms with E-state index in [-0.39, 0.29) is 17.8 Å². The van der Waals surface area contributed by atoms with Gasteiger partial charge in [-0.1, -0.05) is 42.1 Å². The zero-order valence-electron chi connectivity index (χ0n) is 14.6. The molecule has 4 rings (SSSR count). The summed E-state index contributed by atoms with van der Waals surface area (Å²) >= 11 is 0. The molecule has 6 heteroatoms. The summed E-state index contributed by atoms with van der Waals surface area (Å²) in [6.07, 6.45) is 2.86. The molecule has 0 saturated carbocycles. The summed E-state index contributed by atoms with van der Waals surface area (Å²) < 4.78 is 18.5. The molecule has 3 aromatic rings. The van der Waals surface area contributed by atoms with Crippen LogP contribution in [0.3, 0.4) is 0 Å². The number of hydrogen-bond acceptors (Lipinski definition) is 4. The van der Waals surface area contributed by atoms with Crippen LogP contribution in [0.1, 0.15) is 35.9 Å². The second-order valence-electron chi connectivity index (χ2n) is 6.48. The molecule has 1 fully saturated rings. The Bertz CT molecular complexity index is 964. The summed E-state index contributed by atoms with van der Waals surface area (Å²) in [5.74, 6) is 0.536. The first-order valence-electron chi connectivity index (χ1n) is 8.74. The quantitative estimate of drug-likeness (QED) is 0.675. The van der Waals surface area contributed by atoms with Crippen LogP contribution in [-0.2, 0) is 11.3 Å². The molecule has 0 spiro atoms. The van der Waals surface area contributed by atoms with Gasteiger partial charge in [0.25, 0.3) is 0 Å². The second-order valence-corrected chi connectivity index (χ2v) is 6.48. The maximum absolute atomic E-state index is 13.1.